The Balaban J connectivity index is 2.21. The number of nitrogens with zero attached hydrogens (tertiary/aromatic N) is 3. The second-order valence-corrected chi connectivity index (χ2v) is 5.25. The third kappa shape index (κ3) is 2.92. The van der Waals surface area contributed by atoms with E-state index in [1.807, 2.05) is 18.2 Å². The SMILES string of the molecule is CCc1ccc(CNc2nccc(C#N)c2[N+](=O)[O-])s1. The first kappa shape index (κ1) is 14.0. The van der Waals surface area contributed by atoms with E-state index in [9.17, 15) is 10.1 Å². The van der Waals surface area contributed by atoms with Crippen LogP contribution in [0.2, 0.25) is 0 Å². The lowest BCUT2D eigenvalue weighted by molar-refractivity contribution is -0.384. The summed E-state index contributed by atoms with van der Waals surface area (Å²) in [5, 5.41) is 22.9. The highest BCUT2D eigenvalue weighted by Crippen LogP contribution is 2.26. The van der Waals surface area contributed by atoms with Gasteiger partial charge in [0, 0.05) is 16.0 Å². The summed E-state index contributed by atoms with van der Waals surface area (Å²) in [6.45, 7) is 2.53. The van der Waals surface area contributed by atoms with Crippen LogP contribution >= 0.6 is 11.3 Å². The van der Waals surface area contributed by atoms with Gasteiger partial charge in [-0.25, -0.2) is 4.98 Å². The molecule has 0 amide bonds. The van der Waals surface area contributed by atoms with Crippen molar-refractivity contribution in [2.24, 2.45) is 0 Å². The van der Waals surface area contributed by atoms with Gasteiger partial charge in [0.05, 0.1) is 11.5 Å². The van der Waals surface area contributed by atoms with Crippen LogP contribution in [0.3, 0.4) is 0 Å². The molecule has 0 saturated heterocycles. The van der Waals surface area contributed by atoms with Gasteiger partial charge in [0.1, 0.15) is 11.6 Å². The Morgan fingerprint density at radius 3 is 2.80 bits per heavy atom. The zero-order valence-electron chi connectivity index (χ0n) is 10.8. The molecule has 20 heavy (non-hydrogen) atoms. The predicted octanol–water partition coefficient (Wildman–Crippen LogP) is 3.10. The van der Waals surface area contributed by atoms with Gasteiger partial charge in [0.15, 0.2) is 0 Å². The van der Waals surface area contributed by atoms with E-state index in [-0.39, 0.29) is 17.1 Å². The van der Waals surface area contributed by atoms with E-state index < -0.39 is 4.92 Å². The lowest BCUT2D eigenvalue weighted by atomic mass is 10.2. The summed E-state index contributed by atoms with van der Waals surface area (Å²) in [4.78, 5) is 16.7. The monoisotopic (exact) mass is 288 g/mol. The number of rotatable bonds is 5. The Labute approximate surface area is 119 Å². The van der Waals surface area contributed by atoms with Gasteiger partial charge in [-0.15, -0.1) is 11.3 Å². The molecule has 2 aromatic heterocycles. The lowest BCUT2D eigenvalue weighted by Gasteiger charge is -2.05. The Morgan fingerprint density at radius 1 is 1.45 bits per heavy atom. The number of nitro groups is 1. The van der Waals surface area contributed by atoms with Crippen LogP contribution in [0.5, 0.6) is 0 Å². The number of nitrogens with one attached hydrogen (secondary N) is 1. The molecular weight excluding hydrogens is 276 g/mol. The zero-order chi connectivity index (χ0) is 14.5. The van der Waals surface area contributed by atoms with E-state index in [1.165, 1.54) is 17.1 Å². The third-order valence-corrected chi connectivity index (χ3v) is 3.95. The minimum Gasteiger partial charge on any atom is -0.359 e. The summed E-state index contributed by atoms with van der Waals surface area (Å²) in [7, 11) is 0. The molecule has 0 aromatic carbocycles. The molecule has 2 rings (SSSR count). The maximum atomic E-state index is 11.0. The van der Waals surface area contributed by atoms with E-state index in [0.717, 1.165) is 11.3 Å². The zero-order valence-corrected chi connectivity index (χ0v) is 11.6. The number of hydrogen-bond donors (Lipinski definition) is 1. The highest BCUT2D eigenvalue weighted by atomic mass is 32.1. The molecule has 6 nitrogen and oxygen atoms in total. The molecule has 0 bridgehead atoms. The Morgan fingerprint density at radius 2 is 2.20 bits per heavy atom. The van der Waals surface area contributed by atoms with Crippen LogP contribution in [-0.4, -0.2) is 9.91 Å². The van der Waals surface area contributed by atoms with Crippen LogP contribution in [0.25, 0.3) is 0 Å². The van der Waals surface area contributed by atoms with Crippen molar-refractivity contribution in [3.63, 3.8) is 0 Å². The second kappa shape index (κ2) is 6.12. The summed E-state index contributed by atoms with van der Waals surface area (Å²) in [6, 6.07) is 7.17. The van der Waals surface area contributed by atoms with Gasteiger partial charge in [-0.2, -0.15) is 5.26 Å². The molecule has 0 saturated carbocycles. The van der Waals surface area contributed by atoms with Crippen molar-refractivity contribution in [2.75, 3.05) is 5.32 Å². The molecular formula is C13H12N4O2S. The molecule has 0 spiro atoms. The second-order valence-electron chi connectivity index (χ2n) is 4.00. The van der Waals surface area contributed by atoms with Gasteiger partial charge in [-0.05, 0) is 24.6 Å². The Kier molecular flexibility index (Phi) is 4.27. The quantitative estimate of drug-likeness (QED) is 0.674. The topological polar surface area (TPSA) is 91.8 Å². The number of aromatic nitrogens is 1. The molecule has 2 aromatic rings. The van der Waals surface area contributed by atoms with Crippen molar-refractivity contribution in [1.29, 1.82) is 5.26 Å². The fraction of sp³-hybridized carbons (Fsp3) is 0.231. The van der Waals surface area contributed by atoms with Crippen LogP contribution in [0, 0.1) is 21.4 Å². The molecule has 1 N–H and O–H groups in total. The van der Waals surface area contributed by atoms with E-state index in [4.69, 9.17) is 5.26 Å². The van der Waals surface area contributed by atoms with Crippen molar-refractivity contribution >= 4 is 22.8 Å². The first-order valence-electron chi connectivity index (χ1n) is 6.00. The number of thiophene rings is 1. The molecule has 0 atom stereocenters. The fourth-order valence-electron chi connectivity index (χ4n) is 1.74. The van der Waals surface area contributed by atoms with Gasteiger partial charge in [0.2, 0.25) is 5.82 Å². The standard InChI is InChI=1S/C13H12N4O2S/c1-2-10-3-4-11(20-10)8-16-13-12(17(18)19)9(7-14)5-6-15-13/h3-6H,2,8H2,1H3,(H,15,16). The maximum absolute atomic E-state index is 11.0. The number of hydrogen-bond acceptors (Lipinski definition) is 6. The van der Waals surface area contributed by atoms with Gasteiger partial charge < -0.3 is 5.32 Å². The van der Waals surface area contributed by atoms with E-state index in [0.29, 0.717) is 6.54 Å². The summed E-state index contributed by atoms with van der Waals surface area (Å²) in [6.07, 6.45) is 2.35. The molecule has 7 heteroatoms. The first-order chi connectivity index (χ1) is 9.65. The van der Waals surface area contributed by atoms with Crippen LogP contribution in [-0.2, 0) is 13.0 Å². The molecule has 102 valence electrons. The Bertz CT molecular complexity index is 675. The van der Waals surface area contributed by atoms with Crippen molar-refractivity contribution in [3.05, 3.63) is 49.8 Å². The van der Waals surface area contributed by atoms with Crippen LogP contribution in [0.1, 0.15) is 22.2 Å². The minimum absolute atomic E-state index is 0.00734. The third-order valence-electron chi connectivity index (χ3n) is 2.72. The normalized spacial score (nSPS) is 10.0. The average molecular weight is 288 g/mol. The molecule has 2 heterocycles. The smallest absolute Gasteiger partial charge is 0.328 e. The molecule has 0 radical (unpaired) electrons. The molecule has 0 aliphatic carbocycles. The Hall–Kier alpha value is -2.46. The van der Waals surface area contributed by atoms with Crippen molar-refractivity contribution in [2.45, 2.75) is 19.9 Å². The summed E-state index contributed by atoms with van der Waals surface area (Å²) in [5.74, 6) is 0.125. The molecule has 0 aliphatic rings. The number of aryl methyl sites for hydroxylation is 1. The van der Waals surface area contributed by atoms with Crippen molar-refractivity contribution in [1.82, 2.24) is 4.98 Å². The highest BCUT2D eigenvalue weighted by Gasteiger charge is 2.20. The molecule has 0 aliphatic heterocycles. The first-order valence-corrected chi connectivity index (χ1v) is 6.82. The molecule has 0 fully saturated rings. The summed E-state index contributed by atoms with van der Waals surface area (Å²) < 4.78 is 0. The van der Waals surface area contributed by atoms with Gasteiger partial charge in [-0.1, -0.05) is 6.92 Å². The van der Waals surface area contributed by atoms with E-state index in [2.05, 4.69) is 17.2 Å². The van der Waals surface area contributed by atoms with Crippen LogP contribution in [0.15, 0.2) is 24.4 Å². The summed E-state index contributed by atoms with van der Waals surface area (Å²) >= 11 is 1.65. The van der Waals surface area contributed by atoms with Crippen LogP contribution in [0.4, 0.5) is 11.5 Å². The molecule has 0 unspecified atom stereocenters. The van der Waals surface area contributed by atoms with Gasteiger partial charge in [0.25, 0.3) is 0 Å². The summed E-state index contributed by atoms with van der Waals surface area (Å²) in [5.41, 5.74) is -0.268. The lowest BCUT2D eigenvalue weighted by Crippen LogP contribution is -2.05. The number of nitriles is 1. The highest BCUT2D eigenvalue weighted by molar-refractivity contribution is 7.12. The minimum atomic E-state index is -0.584. The largest absolute Gasteiger partial charge is 0.359 e. The maximum Gasteiger partial charge on any atom is 0.328 e. The number of pyridine rings is 1. The van der Waals surface area contributed by atoms with E-state index >= 15 is 0 Å². The van der Waals surface area contributed by atoms with Gasteiger partial charge in [-0.3, -0.25) is 10.1 Å². The fourth-order valence-corrected chi connectivity index (χ4v) is 2.63. The van der Waals surface area contributed by atoms with Crippen molar-refractivity contribution in [3.8, 4) is 6.07 Å². The van der Waals surface area contributed by atoms with Crippen LogP contribution < -0.4 is 5.32 Å². The van der Waals surface area contributed by atoms with Crippen molar-refractivity contribution < 1.29 is 4.92 Å². The average Bonchev–Trinajstić information content (AvgIpc) is 2.92. The number of anilines is 1. The van der Waals surface area contributed by atoms with E-state index in [1.54, 1.807) is 11.3 Å². The predicted molar refractivity (Wildman–Crippen MR) is 76.6 cm³/mol. The van der Waals surface area contributed by atoms with Gasteiger partial charge >= 0.3 is 5.69 Å².